The summed E-state index contributed by atoms with van der Waals surface area (Å²) >= 11 is 1.82. The van der Waals surface area contributed by atoms with Gasteiger partial charge in [-0.3, -0.25) is 0 Å². The SMILES string of the molecule is CCSc1ccc(-c2cc(C)nc(CC#N)n2)cc1. The summed E-state index contributed by atoms with van der Waals surface area (Å²) in [4.78, 5) is 9.95. The summed E-state index contributed by atoms with van der Waals surface area (Å²) in [5.74, 6) is 1.66. The van der Waals surface area contributed by atoms with Gasteiger partial charge in [-0.2, -0.15) is 5.26 Å². The van der Waals surface area contributed by atoms with E-state index in [1.165, 1.54) is 4.90 Å². The lowest BCUT2D eigenvalue weighted by atomic mass is 10.1. The highest BCUT2D eigenvalue weighted by atomic mass is 32.2. The Balaban J connectivity index is 2.33. The van der Waals surface area contributed by atoms with Gasteiger partial charge in [0.1, 0.15) is 5.82 Å². The number of rotatable bonds is 4. The van der Waals surface area contributed by atoms with Crippen molar-refractivity contribution >= 4 is 11.8 Å². The number of nitriles is 1. The first-order valence-corrected chi connectivity index (χ1v) is 7.16. The van der Waals surface area contributed by atoms with Crippen LogP contribution in [-0.4, -0.2) is 15.7 Å². The number of nitrogens with zero attached hydrogens (tertiary/aromatic N) is 3. The molecular formula is C15H15N3S. The standard InChI is InChI=1S/C15H15N3S/c1-3-19-13-6-4-12(5-7-13)14-10-11(2)17-15(18-14)8-9-16/h4-7,10H,3,8H2,1-2H3. The molecule has 0 spiro atoms. The Morgan fingerprint density at radius 1 is 1.21 bits per heavy atom. The molecule has 4 heteroatoms. The van der Waals surface area contributed by atoms with Crippen molar-refractivity contribution in [1.82, 2.24) is 9.97 Å². The lowest BCUT2D eigenvalue weighted by Crippen LogP contribution is -1.98. The average Bonchev–Trinajstić information content (AvgIpc) is 2.40. The van der Waals surface area contributed by atoms with Crippen LogP contribution < -0.4 is 0 Å². The first-order valence-electron chi connectivity index (χ1n) is 6.17. The van der Waals surface area contributed by atoms with Crippen molar-refractivity contribution in [1.29, 1.82) is 5.26 Å². The van der Waals surface area contributed by atoms with Crippen molar-refractivity contribution < 1.29 is 0 Å². The summed E-state index contributed by atoms with van der Waals surface area (Å²) in [5, 5.41) is 8.73. The van der Waals surface area contributed by atoms with E-state index >= 15 is 0 Å². The summed E-state index contributed by atoms with van der Waals surface area (Å²) in [5.41, 5.74) is 2.83. The van der Waals surface area contributed by atoms with Crippen molar-refractivity contribution in [3.63, 3.8) is 0 Å². The molecule has 1 aromatic heterocycles. The van der Waals surface area contributed by atoms with Crippen LogP contribution in [0.4, 0.5) is 0 Å². The zero-order valence-corrected chi connectivity index (χ0v) is 11.9. The molecule has 0 aliphatic rings. The Morgan fingerprint density at radius 3 is 2.58 bits per heavy atom. The van der Waals surface area contributed by atoms with Crippen molar-refractivity contribution in [2.24, 2.45) is 0 Å². The second kappa shape index (κ2) is 6.35. The van der Waals surface area contributed by atoms with E-state index in [1.54, 1.807) is 0 Å². The Labute approximate surface area is 117 Å². The second-order valence-corrected chi connectivity index (χ2v) is 5.44. The predicted molar refractivity (Wildman–Crippen MR) is 77.9 cm³/mol. The van der Waals surface area contributed by atoms with Crippen LogP contribution in [0.2, 0.25) is 0 Å². The van der Waals surface area contributed by atoms with Crippen LogP contribution in [-0.2, 0) is 6.42 Å². The number of aromatic nitrogens is 2. The monoisotopic (exact) mass is 269 g/mol. The fourth-order valence-corrected chi connectivity index (χ4v) is 2.48. The van der Waals surface area contributed by atoms with Gasteiger partial charge < -0.3 is 0 Å². The molecule has 0 aliphatic heterocycles. The molecule has 0 saturated heterocycles. The van der Waals surface area contributed by atoms with Crippen molar-refractivity contribution in [3.05, 3.63) is 41.9 Å². The maximum Gasteiger partial charge on any atom is 0.143 e. The quantitative estimate of drug-likeness (QED) is 0.795. The van der Waals surface area contributed by atoms with Gasteiger partial charge >= 0.3 is 0 Å². The first-order chi connectivity index (χ1) is 9.22. The fourth-order valence-electron chi connectivity index (χ4n) is 1.82. The molecule has 0 fully saturated rings. The maximum atomic E-state index is 8.73. The zero-order valence-electron chi connectivity index (χ0n) is 11.1. The third-order valence-corrected chi connectivity index (χ3v) is 3.49. The normalized spacial score (nSPS) is 10.2. The molecule has 2 aromatic rings. The Bertz CT molecular complexity index is 600. The molecular weight excluding hydrogens is 254 g/mol. The minimum absolute atomic E-state index is 0.248. The van der Waals surface area contributed by atoms with Crippen molar-refractivity contribution in [2.75, 3.05) is 5.75 Å². The molecule has 1 heterocycles. The summed E-state index contributed by atoms with van der Waals surface area (Å²) in [7, 11) is 0. The van der Waals surface area contributed by atoms with Crippen molar-refractivity contribution in [3.8, 4) is 17.3 Å². The molecule has 0 radical (unpaired) electrons. The van der Waals surface area contributed by atoms with Crippen LogP contribution >= 0.6 is 11.8 Å². The average molecular weight is 269 g/mol. The second-order valence-electron chi connectivity index (χ2n) is 4.10. The molecule has 0 amide bonds. The first kappa shape index (κ1) is 13.6. The van der Waals surface area contributed by atoms with Gasteiger partial charge in [-0.15, -0.1) is 11.8 Å². The van der Waals surface area contributed by atoms with Crippen LogP contribution in [0.15, 0.2) is 35.2 Å². The van der Waals surface area contributed by atoms with Gasteiger partial charge in [0.25, 0.3) is 0 Å². The predicted octanol–water partition coefficient (Wildman–Crippen LogP) is 3.63. The van der Waals surface area contributed by atoms with E-state index in [0.717, 1.165) is 22.7 Å². The number of thioether (sulfide) groups is 1. The summed E-state index contributed by atoms with van der Waals surface area (Å²) in [6.07, 6.45) is 0.248. The summed E-state index contributed by atoms with van der Waals surface area (Å²) in [6, 6.07) is 12.4. The van der Waals surface area contributed by atoms with E-state index in [4.69, 9.17) is 5.26 Å². The maximum absolute atomic E-state index is 8.73. The van der Waals surface area contributed by atoms with E-state index in [9.17, 15) is 0 Å². The fraction of sp³-hybridized carbons (Fsp3) is 0.267. The highest BCUT2D eigenvalue weighted by Crippen LogP contribution is 2.23. The van der Waals surface area contributed by atoms with Gasteiger partial charge in [-0.1, -0.05) is 19.1 Å². The molecule has 0 saturated carbocycles. The minimum atomic E-state index is 0.248. The van der Waals surface area contributed by atoms with Crippen LogP contribution in [0, 0.1) is 18.3 Å². The minimum Gasteiger partial charge on any atom is -0.237 e. The highest BCUT2D eigenvalue weighted by molar-refractivity contribution is 7.99. The van der Waals surface area contributed by atoms with Gasteiger partial charge in [0.2, 0.25) is 0 Å². The van der Waals surface area contributed by atoms with Gasteiger partial charge in [-0.05, 0) is 30.9 Å². The van der Waals surface area contributed by atoms with Crippen LogP contribution in [0.5, 0.6) is 0 Å². The number of hydrogen-bond acceptors (Lipinski definition) is 4. The topological polar surface area (TPSA) is 49.6 Å². The molecule has 1 aromatic carbocycles. The largest absolute Gasteiger partial charge is 0.237 e. The van der Waals surface area contributed by atoms with Crippen LogP contribution in [0.25, 0.3) is 11.3 Å². The van der Waals surface area contributed by atoms with E-state index in [1.807, 2.05) is 24.8 Å². The van der Waals surface area contributed by atoms with Gasteiger partial charge in [0, 0.05) is 16.2 Å². The van der Waals surface area contributed by atoms with Gasteiger partial charge in [-0.25, -0.2) is 9.97 Å². The summed E-state index contributed by atoms with van der Waals surface area (Å²) in [6.45, 7) is 4.06. The number of aryl methyl sites for hydroxylation is 1. The summed E-state index contributed by atoms with van der Waals surface area (Å²) < 4.78 is 0. The smallest absolute Gasteiger partial charge is 0.143 e. The molecule has 0 unspecified atom stereocenters. The Kier molecular flexibility index (Phi) is 4.53. The van der Waals surface area contributed by atoms with E-state index in [0.29, 0.717) is 5.82 Å². The van der Waals surface area contributed by atoms with E-state index in [2.05, 4.69) is 47.2 Å². The third-order valence-electron chi connectivity index (χ3n) is 2.60. The van der Waals surface area contributed by atoms with Crippen LogP contribution in [0.1, 0.15) is 18.4 Å². The molecule has 0 aliphatic carbocycles. The molecule has 2 rings (SSSR count). The van der Waals surface area contributed by atoms with Crippen LogP contribution in [0.3, 0.4) is 0 Å². The molecule has 19 heavy (non-hydrogen) atoms. The Hall–Kier alpha value is -1.86. The molecule has 96 valence electrons. The lowest BCUT2D eigenvalue weighted by molar-refractivity contribution is 0.969. The molecule has 0 atom stereocenters. The van der Waals surface area contributed by atoms with E-state index in [-0.39, 0.29) is 6.42 Å². The van der Waals surface area contributed by atoms with E-state index < -0.39 is 0 Å². The highest BCUT2D eigenvalue weighted by Gasteiger charge is 2.04. The van der Waals surface area contributed by atoms with Crippen molar-refractivity contribution in [2.45, 2.75) is 25.2 Å². The zero-order chi connectivity index (χ0) is 13.7. The molecule has 3 nitrogen and oxygen atoms in total. The van der Waals surface area contributed by atoms with Gasteiger partial charge in [0.05, 0.1) is 18.2 Å². The van der Waals surface area contributed by atoms with Gasteiger partial charge in [0.15, 0.2) is 0 Å². The number of benzene rings is 1. The lowest BCUT2D eigenvalue weighted by Gasteiger charge is -2.05. The third kappa shape index (κ3) is 3.55. The molecule has 0 N–H and O–H groups in total. The molecule has 0 bridgehead atoms. The Morgan fingerprint density at radius 2 is 1.95 bits per heavy atom. The number of hydrogen-bond donors (Lipinski definition) is 0.